The number of benzene rings is 1. The van der Waals surface area contributed by atoms with E-state index in [1.165, 1.54) is 0 Å². The molecule has 0 aromatic heterocycles. The predicted octanol–water partition coefficient (Wildman–Crippen LogP) is 2.28. The minimum atomic E-state index is -0.0261. The van der Waals surface area contributed by atoms with Crippen molar-refractivity contribution in [2.24, 2.45) is 0 Å². The number of nitrogens with one attached hydrogen (secondary N) is 2. The zero-order valence-electron chi connectivity index (χ0n) is 11.6. The van der Waals surface area contributed by atoms with Crippen LogP contribution in [0.25, 0.3) is 0 Å². The molecule has 1 atom stereocenters. The lowest BCUT2D eigenvalue weighted by Gasteiger charge is -2.14. The van der Waals surface area contributed by atoms with Gasteiger partial charge in [-0.05, 0) is 38.3 Å². The zero-order chi connectivity index (χ0) is 14.1. The molecule has 0 saturated heterocycles. The van der Waals surface area contributed by atoms with Gasteiger partial charge in [0.15, 0.2) is 0 Å². The van der Waals surface area contributed by atoms with Gasteiger partial charge in [-0.25, -0.2) is 0 Å². The van der Waals surface area contributed by atoms with Crippen LogP contribution in [0.5, 0.6) is 0 Å². The summed E-state index contributed by atoms with van der Waals surface area (Å²) < 4.78 is 0. The number of anilines is 1. The molecule has 4 heteroatoms. The Morgan fingerprint density at radius 3 is 2.79 bits per heavy atom. The lowest BCUT2D eigenvalue weighted by Crippen LogP contribution is -2.36. The molecule has 0 aliphatic carbocycles. The van der Waals surface area contributed by atoms with Gasteiger partial charge in [0.1, 0.15) is 6.29 Å². The van der Waals surface area contributed by atoms with Crippen LogP contribution in [0.15, 0.2) is 24.3 Å². The van der Waals surface area contributed by atoms with Gasteiger partial charge < -0.3 is 15.4 Å². The average molecular weight is 262 g/mol. The maximum Gasteiger partial charge on any atom is 0.239 e. The predicted molar refractivity (Wildman–Crippen MR) is 77.2 cm³/mol. The van der Waals surface area contributed by atoms with E-state index < -0.39 is 0 Å². The molecule has 19 heavy (non-hydrogen) atoms. The van der Waals surface area contributed by atoms with Gasteiger partial charge in [0.25, 0.3) is 0 Å². The molecular weight excluding hydrogens is 240 g/mol. The minimum Gasteiger partial charge on any atom is -0.376 e. The maximum atomic E-state index is 11.7. The molecule has 104 valence electrons. The van der Waals surface area contributed by atoms with Gasteiger partial charge in [0.05, 0.1) is 6.54 Å². The molecule has 1 aromatic carbocycles. The first-order chi connectivity index (χ1) is 9.13. The third kappa shape index (κ3) is 6.04. The number of amides is 1. The molecular formula is C15H22N2O2. The van der Waals surface area contributed by atoms with Crippen LogP contribution in [0.3, 0.4) is 0 Å². The summed E-state index contributed by atoms with van der Waals surface area (Å²) in [5.41, 5.74) is 2.10. The number of aldehydes is 1. The summed E-state index contributed by atoms with van der Waals surface area (Å²) in [6.07, 6.45) is 3.11. The van der Waals surface area contributed by atoms with E-state index in [2.05, 4.69) is 10.6 Å². The Bertz CT molecular complexity index is 418. The van der Waals surface area contributed by atoms with Gasteiger partial charge in [-0.15, -0.1) is 0 Å². The fourth-order valence-electron chi connectivity index (χ4n) is 1.85. The Kier molecular flexibility index (Phi) is 6.64. The Hall–Kier alpha value is -1.84. The highest BCUT2D eigenvalue weighted by atomic mass is 16.2. The summed E-state index contributed by atoms with van der Waals surface area (Å²) in [6, 6.07) is 7.97. The van der Waals surface area contributed by atoms with Crippen molar-refractivity contribution in [3.63, 3.8) is 0 Å². The van der Waals surface area contributed by atoms with Crippen molar-refractivity contribution < 1.29 is 9.59 Å². The van der Waals surface area contributed by atoms with E-state index in [4.69, 9.17) is 0 Å². The van der Waals surface area contributed by atoms with Gasteiger partial charge in [0.2, 0.25) is 5.91 Å². The number of carbonyl (C=O) groups excluding carboxylic acids is 2. The topological polar surface area (TPSA) is 58.2 Å². The summed E-state index contributed by atoms with van der Waals surface area (Å²) in [5, 5.41) is 6.03. The second-order valence-corrected chi connectivity index (χ2v) is 4.73. The molecule has 4 nitrogen and oxygen atoms in total. The highest BCUT2D eigenvalue weighted by molar-refractivity contribution is 5.81. The number of hydrogen-bond donors (Lipinski definition) is 2. The van der Waals surface area contributed by atoms with Crippen LogP contribution in [0.1, 0.15) is 31.7 Å². The SMILES string of the molecule is Cc1ccccc1NCC(=O)NC(C)CCCC=O. The van der Waals surface area contributed by atoms with E-state index >= 15 is 0 Å². The molecule has 0 radical (unpaired) electrons. The van der Waals surface area contributed by atoms with Crippen molar-refractivity contribution in [2.75, 3.05) is 11.9 Å². The van der Waals surface area contributed by atoms with Crippen molar-refractivity contribution in [1.82, 2.24) is 5.32 Å². The molecule has 1 aromatic rings. The molecule has 0 saturated carbocycles. The van der Waals surface area contributed by atoms with Crippen molar-refractivity contribution in [3.8, 4) is 0 Å². The van der Waals surface area contributed by atoms with Crippen LogP contribution in [-0.2, 0) is 9.59 Å². The molecule has 0 aliphatic rings. The van der Waals surface area contributed by atoms with Crippen molar-refractivity contribution in [2.45, 2.75) is 39.2 Å². The summed E-state index contributed by atoms with van der Waals surface area (Å²) in [6.45, 7) is 4.22. The lowest BCUT2D eigenvalue weighted by molar-refractivity contribution is -0.120. The molecule has 0 heterocycles. The third-order valence-corrected chi connectivity index (χ3v) is 2.95. The third-order valence-electron chi connectivity index (χ3n) is 2.95. The van der Waals surface area contributed by atoms with Crippen molar-refractivity contribution in [3.05, 3.63) is 29.8 Å². The number of aryl methyl sites for hydroxylation is 1. The fourth-order valence-corrected chi connectivity index (χ4v) is 1.85. The standard InChI is InChI=1S/C15H22N2O2/c1-12-7-3-4-9-14(12)16-11-15(19)17-13(2)8-5-6-10-18/h3-4,7,9-10,13,16H,5-6,8,11H2,1-2H3,(H,17,19). The Labute approximate surface area is 114 Å². The molecule has 0 bridgehead atoms. The summed E-state index contributed by atoms with van der Waals surface area (Å²) in [5.74, 6) is -0.0261. The number of unbranched alkanes of at least 4 members (excludes halogenated alkanes) is 1. The number of carbonyl (C=O) groups is 2. The number of para-hydroxylation sites is 1. The maximum absolute atomic E-state index is 11.7. The van der Waals surface area contributed by atoms with Crippen molar-refractivity contribution >= 4 is 17.9 Å². The highest BCUT2D eigenvalue weighted by Gasteiger charge is 2.07. The van der Waals surface area contributed by atoms with E-state index in [9.17, 15) is 9.59 Å². The molecule has 1 amide bonds. The van der Waals surface area contributed by atoms with E-state index in [1.54, 1.807) is 0 Å². The van der Waals surface area contributed by atoms with Gasteiger partial charge in [0, 0.05) is 18.2 Å². The zero-order valence-corrected chi connectivity index (χ0v) is 11.6. The smallest absolute Gasteiger partial charge is 0.239 e. The monoisotopic (exact) mass is 262 g/mol. The normalized spacial score (nSPS) is 11.7. The van der Waals surface area contributed by atoms with Crippen molar-refractivity contribution in [1.29, 1.82) is 0 Å². The molecule has 1 rings (SSSR count). The lowest BCUT2D eigenvalue weighted by atomic mass is 10.1. The second-order valence-electron chi connectivity index (χ2n) is 4.73. The van der Waals surface area contributed by atoms with Crippen LogP contribution >= 0.6 is 0 Å². The van der Waals surface area contributed by atoms with E-state index in [-0.39, 0.29) is 18.5 Å². The fraction of sp³-hybridized carbons (Fsp3) is 0.467. The largest absolute Gasteiger partial charge is 0.376 e. The van der Waals surface area contributed by atoms with Crippen LogP contribution in [0.4, 0.5) is 5.69 Å². The van der Waals surface area contributed by atoms with E-state index in [0.29, 0.717) is 6.42 Å². The van der Waals surface area contributed by atoms with Gasteiger partial charge in [-0.1, -0.05) is 18.2 Å². The Balaban J connectivity index is 2.28. The molecule has 1 unspecified atom stereocenters. The Morgan fingerprint density at radius 2 is 2.11 bits per heavy atom. The summed E-state index contributed by atoms with van der Waals surface area (Å²) in [4.78, 5) is 21.9. The number of rotatable bonds is 8. The van der Waals surface area contributed by atoms with Crippen LogP contribution < -0.4 is 10.6 Å². The van der Waals surface area contributed by atoms with Crippen LogP contribution in [0.2, 0.25) is 0 Å². The summed E-state index contributed by atoms with van der Waals surface area (Å²) in [7, 11) is 0. The minimum absolute atomic E-state index is 0.0261. The average Bonchev–Trinajstić information content (AvgIpc) is 2.38. The summed E-state index contributed by atoms with van der Waals surface area (Å²) >= 11 is 0. The first-order valence-electron chi connectivity index (χ1n) is 6.66. The Morgan fingerprint density at radius 1 is 1.37 bits per heavy atom. The molecule has 0 aliphatic heterocycles. The van der Waals surface area contributed by atoms with E-state index in [0.717, 1.165) is 30.4 Å². The van der Waals surface area contributed by atoms with Gasteiger partial charge in [-0.3, -0.25) is 4.79 Å². The molecule has 2 N–H and O–H groups in total. The van der Waals surface area contributed by atoms with E-state index in [1.807, 2.05) is 38.1 Å². The van der Waals surface area contributed by atoms with Gasteiger partial charge in [-0.2, -0.15) is 0 Å². The molecule has 0 spiro atoms. The second kappa shape index (κ2) is 8.29. The van der Waals surface area contributed by atoms with Crippen LogP contribution in [-0.4, -0.2) is 24.8 Å². The molecule has 0 fully saturated rings. The number of hydrogen-bond acceptors (Lipinski definition) is 3. The highest BCUT2D eigenvalue weighted by Crippen LogP contribution is 2.12. The first kappa shape index (κ1) is 15.2. The van der Waals surface area contributed by atoms with Crippen LogP contribution in [0, 0.1) is 6.92 Å². The van der Waals surface area contributed by atoms with Gasteiger partial charge >= 0.3 is 0 Å². The first-order valence-corrected chi connectivity index (χ1v) is 6.66. The quantitative estimate of drug-likeness (QED) is 0.558.